The first-order chi connectivity index (χ1) is 4.39. The van der Waals surface area contributed by atoms with E-state index in [2.05, 4.69) is 0 Å². The summed E-state index contributed by atoms with van der Waals surface area (Å²) in [5, 5.41) is 0. The Morgan fingerprint density at radius 2 is 2.11 bits per heavy atom. The molecule has 1 unspecified atom stereocenters. The molecule has 0 amide bonds. The molecular weight excluding hydrogens is 260 g/mol. The summed E-state index contributed by atoms with van der Waals surface area (Å²) >= 11 is 0.0556. The van der Waals surface area contributed by atoms with Crippen LogP contribution in [0.25, 0.3) is 0 Å². The van der Waals surface area contributed by atoms with Gasteiger partial charge in [0.05, 0.1) is 0 Å². The van der Waals surface area contributed by atoms with Gasteiger partial charge in [0.25, 0.3) is 0 Å². The Kier molecular flexibility index (Phi) is 8.58. The molecule has 1 saturated heterocycles. The van der Waals surface area contributed by atoms with Gasteiger partial charge in [0.1, 0.15) is 0 Å². The van der Waals surface area contributed by atoms with Gasteiger partial charge in [-0.3, -0.25) is 0 Å². The molecule has 0 aromatic carbocycles. The van der Waals surface area contributed by atoms with Gasteiger partial charge in [-0.15, -0.1) is 0 Å². The molecule has 0 N–H and O–H groups in total. The first-order valence-corrected chi connectivity index (χ1v) is 5.65. The predicted octanol–water partition coefficient (Wildman–Crippen LogP) is -0.240. The van der Waals surface area contributed by atoms with E-state index in [-0.39, 0.29) is 39.8 Å². The van der Waals surface area contributed by atoms with Crippen LogP contribution in [0.4, 0.5) is 0 Å². The largest absolute Gasteiger partial charge is 0.383 e. The number of rotatable bonds is 0. The van der Waals surface area contributed by atoms with E-state index in [9.17, 15) is 0 Å². The topological polar surface area (TPSA) is 26.3 Å². The third-order valence-corrected chi connectivity index (χ3v) is 2.32. The molecule has 0 aliphatic carbocycles. The summed E-state index contributed by atoms with van der Waals surface area (Å²) in [4.78, 5) is 0. The second-order valence-electron chi connectivity index (χ2n) is 2.18. The SMILES string of the molecule is [O]=[Ce].[SiH3]C1CCCCO1. The predicted molar refractivity (Wildman–Crippen MR) is 34.2 cm³/mol. The van der Waals surface area contributed by atoms with E-state index in [1.807, 2.05) is 0 Å². The minimum absolute atomic E-state index is 0.0556. The molecule has 4 heteroatoms. The Hall–Kier alpha value is 1.35. The Morgan fingerprint density at radius 3 is 2.33 bits per heavy atom. The average molecular weight is 272 g/mol. The van der Waals surface area contributed by atoms with Crippen LogP contribution in [-0.2, 0) is 5.67 Å². The third kappa shape index (κ3) is 5.78. The van der Waals surface area contributed by atoms with Crippen LogP contribution in [0.3, 0.4) is 0 Å². The molecule has 2 nitrogen and oxygen atoms in total. The Bertz CT molecular complexity index is 66.0. The molecule has 9 heavy (non-hydrogen) atoms. The van der Waals surface area contributed by atoms with E-state index in [0.29, 0.717) is 5.73 Å². The molecule has 1 rings (SSSR count). The second kappa shape index (κ2) is 7.46. The zero-order valence-corrected chi connectivity index (χ0v) is 10.9. The summed E-state index contributed by atoms with van der Waals surface area (Å²) in [5.41, 5.74) is 0.675. The number of hydrogen-bond donors (Lipinski definition) is 0. The Morgan fingerprint density at radius 1 is 1.44 bits per heavy atom. The fraction of sp³-hybridized carbons (Fsp3) is 1.00. The molecule has 0 bridgehead atoms. The molecule has 0 radical (unpaired) electrons. The normalized spacial score (nSPS) is 26.3. The van der Waals surface area contributed by atoms with Crippen LogP contribution < -0.4 is 0 Å². The van der Waals surface area contributed by atoms with Crippen LogP contribution in [0.5, 0.6) is 0 Å². The Labute approximate surface area is 86.3 Å². The van der Waals surface area contributed by atoms with E-state index in [4.69, 9.17) is 5.67 Å². The van der Waals surface area contributed by atoms with Crippen molar-refractivity contribution in [2.45, 2.75) is 25.0 Å². The van der Waals surface area contributed by atoms with Crippen molar-refractivity contribution >= 4 is 10.2 Å². The van der Waals surface area contributed by atoms with Crippen molar-refractivity contribution in [3.8, 4) is 0 Å². The molecule has 1 fully saturated rings. The average Bonchev–Trinajstić information content (AvgIpc) is 1.94. The van der Waals surface area contributed by atoms with E-state index in [0.717, 1.165) is 6.61 Å². The first kappa shape index (κ1) is 10.4. The quantitative estimate of drug-likeness (QED) is 0.569. The third-order valence-electron chi connectivity index (χ3n) is 1.41. The van der Waals surface area contributed by atoms with Crippen LogP contribution in [0.1, 0.15) is 19.3 Å². The van der Waals surface area contributed by atoms with E-state index >= 15 is 0 Å². The Balaban J connectivity index is 0.000000291. The van der Waals surface area contributed by atoms with Crippen LogP contribution in [0.2, 0.25) is 0 Å². The van der Waals surface area contributed by atoms with Gasteiger partial charge >= 0.3 is 40.7 Å². The molecule has 1 aliphatic rings. The second-order valence-corrected chi connectivity index (χ2v) is 3.47. The first-order valence-electron chi connectivity index (χ1n) is 3.21. The monoisotopic (exact) mass is 272 g/mol. The molecule has 1 heterocycles. The zero-order valence-electron chi connectivity index (χ0n) is 5.72. The molecule has 1 aliphatic heterocycles. The molecular formula is C5H12CeO2Si. The van der Waals surface area contributed by atoms with Crippen molar-refractivity contribution in [3.05, 3.63) is 0 Å². The number of ether oxygens (including phenoxy) is 1. The fourth-order valence-electron chi connectivity index (χ4n) is 0.902. The van der Waals surface area contributed by atoms with E-state index in [1.54, 1.807) is 0 Å². The standard InChI is InChI=1S/C5H12OSi.Ce.O/c7-5-3-1-2-4-6-5;;/h5H,1-4H2,7H3;;. The van der Waals surface area contributed by atoms with Crippen LogP contribution >= 0.6 is 0 Å². The van der Waals surface area contributed by atoms with Crippen LogP contribution in [-0.4, -0.2) is 22.6 Å². The maximum Gasteiger partial charge on any atom is 0.0465 e. The van der Waals surface area contributed by atoms with Crippen LogP contribution in [0.15, 0.2) is 0 Å². The van der Waals surface area contributed by atoms with Crippen LogP contribution in [0, 0.1) is 39.8 Å². The summed E-state index contributed by atoms with van der Waals surface area (Å²) in [6.07, 6.45) is 4.01. The smallest absolute Gasteiger partial charge is 0.0465 e. The maximum absolute atomic E-state index is 8.39. The molecule has 0 saturated carbocycles. The van der Waals surface area contributed by atoms with Crippen molar-refractivity contribution in [2.24, 2.45) is 0 Å². The summed E-state index contributed by atoms with van der Waals surface area (Å²) in [7, 11) is 1.23. The van der Waals surface area contributed by atoms with Gasteiger partial charge in [-0.25, -0.2) is 0 Å². The van der Waals surface area contributed by atoms with Gasteiger partial charge in [-0.05, 0) is 19.3 Å². The summed E-state index contributed by atoms with van der Waals surface area (Å²) in [5.74, 6) is 0. The van der Waals surface area contributed by atoms with E-state index < -0.39 is 0 Å². The molecule has 0 aromatic rings. The van der Waals surface area contributed by atoms with Crippen molar-refractivity contribution in [1.82, 2.24) is 0 Å². The van der Waals surface area contributed by atoms with Gasteiger partial charge in [-0.2, -0.15) is 0 Å². The number of hydrogen-bond acceptors (Lipinski definition) is 2. The van der Waals surface area contributed by atoms with Gasteiger partial charge in [-0.1, -0.05) is 0 Å². The summed E-state index contributed by atoms with van der Waals surface area (Å²) in [6.45, 7) is 1.02. The summed E-state index contributed by atoms with van der Waals surface area (Å²) in [6, 6.07) is 0. The molecule has 1 atom stereocenters. The van der Waals surface area contributed by atoms with E-state index in [1.165, 1.54) is 29.5 Å². The minimum atomic E-state index is 0.0556. The van der Waals surface area contributed by atoms with Crippen molar-refractivity contribution in [2.75, 3.05) is 6.61 Å². The van der Waals surface area contributed by atoms with Crippen molar-refractivity contribution in [3.63, 3.8) is 0 Å². The van der Waals surface area contributed by atoms with Gasteiger partial charge < -0.3 is 4.74 Å². The molecule has 0 aromatic heterocycles. The minimum Gasteiger partial charge on any atom is -0.383 e. The molecule has 0 spiro atoms. The van der Waals surface area contributed by atoms with Crippen molar-refractivity contribution < 1.29 is 45.4 Å². The van der Waals surface area contributed by atoms with Gasteiger partial charge in [0.15, 0.2) is 0 Å². The fourth-order valence-corrected chi connectivity index (χ4v) is 1.55. The molecule has 52 valence electrons. The zero-order chi connectivity index (χ0) is 7.11. The van der Waals surface area contributed by atoms with Gasteiger partial charge in [0, 0.05) is 22.6 Å². The van der Waals surface area contributed by atoms with Crippen molar-refractivity contribution in [1.29, 1.82) is 0 Å². The summed E-state index contributed by atoms with van der Waals surface area (Å²) < 4.78 is 13.7. The maximum atomic E-state index is 8.39. The van der Waals surface area contributed by atoms with Gasteiger partial charge in [0.2, 0.25) is 0 Å².